The van der Waals surface area contributed by atoms with Gasteiger partial charge in [-0.2, -0.15) is 0 Å². The summed E-state index contributed by atoms with van der Waals surface area (Å²) in [7, 11) is 0. The van der Waals surface area contributed by atoms with E-state index < -0.39 is 5.60 Å². The minimum atomic E-state index is -0.462. The molecule has 0 aliphatic heterocycles. The molecule has 1 N–H and O–H groups in total. The van der Waals surface area contributed by atoms with Gasteiger partial charge >= 0.3 is 6.09 Å². The average molecular weight is 235 g/mol. The van der Waals surface area contributed by atoms with Crippen molar-refractivity contribution in [3.63, 3.8) is 0 Å². The maximum atomic E-state index is 11.6. The summed E-state index contributed by atoms with van der Waals surface area (Å²) < 4.78 is 5.21. The number of hydrogen-bond acceptors (Lipinski definition) is 2. The zero-order chi connectivity index (χ0) is 13.1. The first-order valence-electron chi connectivity index (χ1n) is 5.84. The van der Waals surface area contributed by atoms with Gasteiger partial charge in [0.25, 0.3) is 0 Å². The van der Waals surface area contributed by atoms with Gasteiger partial charge in [0, 0.05) is 0 Å². The Kier molecular flexibility index (Phi) is 4.16. The van der Waals surface area contributed by atoms with Gasteiger partial charge in [-0.3, -0.25) is 0 Å². The summed E-state index contributed by atoms with van der Waals surface area (Å²) in [6, 6.07) is 8.02. The van der Waals surface area contributed by atoms with Crippen molar-refractivity contribution in [2.75, 3.05) is 0 Å². The average Bonchev–Trinajstić information content (AvgIpc) is 2.14. The van der Waals surface area contributed by atoms with Gasteiger partial charge in [0.05, 0.1) is 6.04 Å². The summed E-state index contributed by atoms with van der Waals surface area (Å²) in [5, 5.41) is 2.82. The highest BCUT2D eigenvalue weighted by Crippen LogP contribution is 2.15. The van der Waals surface area contributed by atoms with Gasteiger partial charge in [-0.15, -0.1) is 0 Å². The van der Waals surface area contributed by atoms with Crippen LogP contribution in [0.25, 0.3) is 0 Å². The van der Waals surface area contributed by atoms with Gasteiger partial charge in [-0.05, 0) is 40.2 Å². The highest BCUT2D eigenvalue weighted by molar-refractivity contribution is 5.68. The lowest BCUT2D eigenvalue weighted by Gasteiger charge is -2.22. The number of carbonyl (C=O) groups is 1. The van der Waals surface area contributed by atoms with E-state index in [1.807, 2.05) is 52.8 Å². The monoisotopic (exact) mass is 235 g/mol. The summed E-state index contributed by atoms with van der Waals surface area (Å²) in [6.45, 7) is 9.53. The molecular weight excluding hydrogens is 214 g/mol. The molecule has 1 aromatic rings. The molecule has 0 spiro atoms. The molecule has 1 rings (SSSR count). The van der Waals surface area contributed by atoms with Crippen LogP contribution in [0, 0.1) is 6.92 Å². The van der Waals surface area contributed by atoms with Crippen molar-refractivity contribution in [2.24, 2.45) is 0 Å². The van der Waals surface area contributed by atoms with Crippen molar-refractivity contribution >= 4 is 6.09 Å². The first-order chi connectivity index (χ1) is 7.78. The Morgan fingerprint density at radius 3 is 2.53 bits per heavy atom. The topological polar surface area (TPSA) is 38.3 Å². The SMILES string of the molecule is Cc1cccc([C@@H](C)NC(=O)OC(C)(C)C)c1. The lowest BCUT2D eigenvalue weighted by molar-refractivity contribution is 0.0508. The van der Waals surface area contributed by atoms with E-state index in [1.54, 1.807) is 0 Å². The minimum absolute atomic E-state index is 0.0512. The Balaban J connectivity index is 2.61. The van der Waals surface area contributed by atoms with Crippen LogP contribution >= 0.6 is 0 Å². The number of carbonyl (C=O) groups excluding carboxylic acids is 1. The summed E-state index contributed by atoms with van der Waals surface area (Å²) in [5.74, 6) is 0. The van der Waals surface area contributed by atoms with E-state index in [1.165, 1.54) is 5.56 Å². The standard InChI is InChI=1S/C14H21NO2/c1-10-7-6-8-12(9-10)11(2)15-13(16)17-14(3,4)5/h6-9,11H,1-5H3,(H,15,16)/t11-/m1/s1. The number of rotatable bonds is 2. The molecule has 3 heteroatoms. The van der Waals surface area contributed by atoms with Crippen LogP contribution in [0.5, 0.6) is 0 Å². The van der Waals surface area contributed by atoms with Crippen LogP contribution in [0.4, 0.5) is 4.79 Å². The number of alkyl carbamates (subject to hydrolysis) is 1. The first kappa shape index (κ1) is 13.6. The fourth-order valence-electron chi connectivity index (χ4n) is 1.51. The molecule has 0 aromatic heterocycles. The van der Waals surface area contributed by atoms with Crippen molar-refractivity contribution in [3.05, 3.63) is 35.4 Å². The molecule has 0 unspecified atom stereocenters. The maximum Gasteiger partial charge on any atom is 0.408 e. The number of amides is 1. The molecule has 0 fully saturated rings. The lowest BCUT2D eigenvalue weighted by Crippen LogP contribution is -2.34. The highest BCUT2D eigenvalue weighted by Gasteiger charge is 2.18. The Labute approximate surface area is 103 Å². The summed E-state index contributed by atoms with van der Waals surface area (Å²) in [4.78, 5) is 11.6. The number of benzene rings is 1. The Hall–Kier alpha value is -1.51. The first-order valence-corrected chi connectivity index (χ1v) is 5.84. The van der Waals surface area contributed by atoms with Crippen LogP contribution in [-0.4, -0.2) is 11.7 Å². The van der Waals surface area contributed by atoms with E-state index in [-0.39, 0.29) is 12.1 Å². The summed E-state index contributed by atoms with van der Waals surface area (Å²) >= 11 is 0. The molecule has 0 saturated carbocycles. The Bertz CT molecular complexity index is 393. The van der Waals surface area contributed by atoms with Gasteiger partial charge < -0.3 is 10.1 Å². The van der Waals surface area contributed by atoms with E-state index in [2.05, 4.69) is 11.4 Å². The van der Waals surface area contributed by atoms with Gasteiger partial charge in [0.2, 0.25) is 0 Å². The molecule has 17 heavy (non-hydrogen) atoms. The van der Waals surface area contributed by atoms with Crippen LogP contribution in [-0.2, 0) is 4.74 Å². The zero-order valence-corrected chi connectivity index (χ0v) is 11.2. The predicted molar refractivity (Wildman–Crippen MR) is 69.0 cm³/mol. The molecule has 0 radical (unpaired) electrons. The molecule has 3 nitrogen and oxygen atoms in total. The molecule has 0 bridgehead atoms. The maximum absolute atomic E-state index is 11.6. The van der Waals surface area contributed by atoms with Crippen LogP contribution in [0.3, 0.4) is 0 Å². The summed E-state index contributed by atoms with van der Waals surface area (Å²) in [5.41, 5.74) is 1.80. The third-order valence-corrected chi connectivity index (χ3v) is 2.28. The fraction of sp³-hybridized carbons (Fsp3) is 0.500. The molecular formula is C14H21NO2. The molecule has 1 atom stereocenters. The molecule has 94 valence electrons. The number of nitrogens with one attached hydrogen (secondary N) is 1. The Morgan fingerprint density at radius 1 is 1.35 bits per heavy atom. The second-order valence-corrected chi connectivity index (χ2v) is 5.28. The number of ether oxygens (including phenoxy) is 1. The van der Waals surface area contributed by atoms with Gasteiger partial charge in [0.15, 0.2) is 0 Å². The minimum Gasteiger partial charge on any atom is -0.444 e. The third-order valence-electron chi connectivity index (χ3n) is 2.28. The largest absolute Gasteiger partial charge is 0.444 e. The normalized spacial score (nSPS) is 13.0. The third kappa shape index (κ3) is 4.89. The smallest absolute Gasteiger partial charge is 0.408 e. The van der Waals surface area contributed by atoms with Crippen molar-refractivity contribution in [2.45, 2.75) is 46.3 Å². The lowest BCUT2D eigenvalue weighted by atomic mass is 10.1. The van der Waals surface area contributed by atoms with Crippen LogP contribution < -0.4 is 5.32 Å². The summed E-state index contributed by atoms with van der Waals surface area (Å²) in [6.07, 6.45) is -0.383. The quantitative estimate of drug-likeness (QED) is 0.850. The van der Waals surface area contributed by atoms with Crippen LogP contribution in [0.15, 0.2) is 24.3 Å². The molecule has 1 amide bonds. The van der Waals surface area contributed by atoms with Gasteiger partial charge in [0.1, 0.15) is 5.60 Å². The second kappa shape index (κ2) is 5.21. The van der Waals surface area contributed by atoms with E-state index in [9.17, 15) is 4.79 Å². The molecule has 0 aliphatic rings. The molecule has 0 aliphatic carbocycles. The van der Waals surface area contributed by atoms with Crippen molar-refractivity contribution in [1.82, 2.24) is 5.32 Å². The predicted octanol–water partition coefficient (Wildman–Crippen LogP) is 3.58. The zero-order valence-electron chi connectivity index (χ0n) is 11.2. The van der Waals surface area contributed by atoms with E-state index in [0.717, 1.165) is 5.56 Å². The number of aryl methyl sites for hydroxylation is 1. The van der Waals surface area contributed by atoms with Gasteiger partial charge in [-0.1, -0.05) is 29.8 Å². The molecule has 0 saturated heterocycles. The van der Waals surface area contributed by atoms with Crippen LogP contribution in [0.2, 0.25) is 0 Å². The molecule has 0 heterocycles. The van der Waals surface area contributed by atoms with Gasteiger partial charge in [-0.25, -0.2) is 4.79 Å². The van der Waals surface area contributed by atoms with Crippen molar-refractivity contribution in [3.8, 4) is 0 Å². The van der Waals surface area contributed by atoms with Crippen LogP contribution in [0.1, 0.15) is 44.9 Å². The van der Waals surface area contributed by atoms with E-state index in [4.69, 9.17) is 4.74 Å². The fourth-order valence-corrected chi connectivity index (χ4v) is 1.51. The Morgan fingerprint density at radius 2 is 2.00 bits per heavy atom. The van der Waals surface area contributed by atoms with Crippen molar-refractivity contribution < 1.29 is 9.53 Å². The second-order valence-electron chi connectivity index (χ2n) is 5.28. The van der Waals surface area contributed by atoms with E-state index >= 15 is 0 Å². The molecule has 1 aromatic carbocycles. The van der Waals surface area contributed by atoms with E-state index in [0.29, 0.717) is 0 Å². The number of hydrogen-bond donors (Lipinski definition) is 1. The highest BCUT2D eigenvalue weighted by atomic mass is 16.6. The van der Waals surface area contributed by atoms with Crippen molar-refractivity contribution in [1.29, 1.82) is 0 Å².